The van der Waals surface area contributed by atoms with Crippen LogP contribution < -0.4 is 10.2 Å². The van der Waals surface area contributed by atoms with Gasteiger partial charge in [0.25, 0.3) is 0 Å². The van der Waals surface area contributed by atoms with Gasteiger partial charge in [-0.15, -0.1) is 0 Å². The molecule has 0 heterocycles. The standard InChI is InChI=1S/C15H23N3/c1-5-17-14(11-16)8-9-18(4)15-7-6-12(2)10-13(15)3/h6-7,10,14,17H,5,8-9H2,1-4H3. The number of hydrogen-bond acceptors (Lipinski definition) is 3. The van der Waals surface area contributed by atoms with Gasteiger partial charge in [-0.05, 0) is 38.4 Å². The zero-order chi connectivity index (χ0) is 13.5. The predicted octanol–water partition coefficient (Wildman–Crippen LogP) is 2.63. The van der Waals surface area contributed by atoms with Crippen molar-refractivity contribution in [2.75, 3.05) is 25.0 Å². The number of benzene rings is 1. The van der Waals surface area contributed by atoms with Gasteiger partial charge in [-0.1, -0.05) is 24.6 Å². The van der Waals surface area contributed by atoms with E-state index in [-0.39, 0.29) is 6.04 Å². The number of anilines is 1. The van der Waals surface area contributed by atoms with Crippen molar-refractivity contribution in [3.05, 3.63) is 29.3 Å². The van der Waals surface area contributed by atoms with E-state index in [0.29, 0.717) is 0 Å². The van der Waals surface area contributed by atoms with Gasteiger partial charge in [0, 0.05) is 19.3 Å². The Labute approximate surface area is 110 Å². The maximum absolute atomic E-state index is 9.00. The molecule has 1 N–H and O–H groups in total. The van der Waals surface area contributed by atoms with Gasteiger partial charge in [-0.3, -0.25) is 0 Å². The fraction of sp³-hybridized carbons (Fsp3) is 0.533. The highest BCUT2D eigenvalue weighted by atomic mass is 15.1. The van der Waals surface area contributed by atoms with E-state index in [0.717, 1.165) is 19.5 Å². The molecule has 0 aliphatic carbocycles. The van der Waals surface area contributed by atoms with Gasteiger partial charge in [0.15, 0.2) is 0 Å². The van der Waals surface area contributed by atoms with Crippen molar-refractivity contribution in [1.29, 1.82) is 5.26 Å². The second-order valence-corrected chi connectivity index (χ2v) is 4.74. The molecule has 0 amide bonds. The summed E-state index contributed by atoms with van der Waals surface area (Å²) in [5.74, 6) is 0. The van der Waals surface area contributed by atoms with E-state index in [4.69, 9.17) is 5.26 Å². The molecule has 3 heteroatoms. The summed E-state index contributed by atoms with van der Waals surface area (Å²) in [7, 11) is 2.08. The third kappa shape index (κ3) is 4.05. The van der Waals surface area contributed by atoms with Crippen LogP contribution in [0.1, 0.15) is 24.5 Å². The Hall–Kier alpha value is -1.53. The maximum atomic E-state index is 9.00. The first kappa shape index (κ1) is 14.5. The molecule has 1 aromatic carbocycles. The normalized spacial score (nSPS) is 11.9. The molecule has 18 heavy (non-hydrogen) atoms. The first-order valence-electron chi connectivity index (χ1n) is 6.49. The summed E-state index contributed by atoms with van der Waals surface area (Å²) in [5, 5.41) is 12.2. The predicted molar refractivity (Wildman–Crippen MR) is 76.9 cm³/mol. The smallest absolute Gasteiger partial charge is 0.0969 e. The van der Waals surface area contributed by atoms with E-state index in [1.165, 1.54) is 16.8 Å². The minimum atomic E-state index is -0.0526. The highest BCUT2D eigenvalue weighted by Crippen LogP contribution is 2.20. The molecule has 1 aromatic rings. The fourth-order valence-electron chi connectivity index (χ4n) is 2.14. The molecule has 0 radical (unpaired) electrons. The van der Waals surface area contributed by atoms with Gasteiger partial charge < -0.3 is 10.2 Å². The van der Waals surface area contributed by atoms with Crippen LogP contribution in [0.3, 0.4) is 0 Å². The van der Waals surface area contributed by atoms with Gasteiger partial charge in [-0.25, -0.2) is 0 Å². The van der Waals surface area contributed by atoms with Gasteiger partial charge in [-0.2, -0.15) is 5.26 Å². The minimum Gasteiger partial charge on any atom is -0.374 e. The Morgan fingerprint density at radius 1 is 1.39 bits per heavy atom. The molecular weight excluding hydrogens is 222 g/mol. The van der Waals surface area contributed by atoms with Crippen LogP contribution in [-0.4, -0.2) is 26.2 Å². The van der Waals surface area contributed by atoms with Gasteiger partial charge in [0.1, 0.15) is 0 Å². The maximum Gasteiger partial charge on any atom is 0.0969 e. The molecule has 0 aromatic heterocycles. The summed E-state index contributed by atoms with van der Waals surface area (Å²) in [4.78, 5) is 2.22. The lowest BCUT2D eigenvalue weighted by Crippen LogP contribution is -2.32. The first-order chi connectivity index (χ1) is 8.58. The van der Waals surface area contributed by atoms with Crippen LogP contribution in [0.2, 0.25) is 0 Å². The first-order valence-corrected chi connectivity index (χ1v) is 6.49. The van der Waals surface area contributed by atoms with Crippen molar-refractivity contribution in [3.8, 4) is 6.07 Å². The Bertz CT molecular complexity index is 420. The zero-order valence-electron chi connectivity index (χ0n) is 11.8. The lowest BCUT2D eigenvalue weighted by Gasteiger charge is -2.23. The molecule has 98 valence electrons. The number of aryl methyl sites for hydroxylation is 2. The quantitative estimate of drug-likeness (QED) is 0.837. The van der Waals surface area contributed by atoms with E-state index in [1.807, 2.05) is 6.92 Å². The highest BCUT2D eigenvalue weighted by Gasteiger charge is 2.09. The van der Waals surface area contributed by atoms with E-state index in [9.17, 15) is 0 Å². The van der Waals surface area contributed by atoms with E-state index in [1.54, 1.807) is 0 Å². The second-order valence-electron chi connectivity index (χ2n) is 4.74. The molecule has 0 saturated carbocycles. The summed E-state index contributed by atoms with van der Waals surface area (Å²) >= 11 is 0. The number of nitrogens with one attached hydrogen (secondary N) is 1. The van der Waals surface area contributed by atoms with E-state index < -0.39 is 0 Å². The Morgan fingerprint density at radius 2 is 2.11 bits per heavy atom. The minimum absolute atomic E-state index is 0.0526. The molecule has 0 aliphatic heterocycles. The third-order valence-corrected chi connectivity index (χ3v) is 3.12. The lowest BCUT2D eigenvalue weighted by molar-refractivity contribution is 0.582. The number of nitrogens with zero attached hydrogens (tertiary/aromatic N) is 2. The molecule has 0 bridgehead atoms. The van der Waals surface area contributed by atoms with Gasteiger partial charge in [0.05, 0.1) is 12.1 Å². The SMILES string of the molecule is CCNC(C#N)CCN(C)c1ccc(C)cc1C. The summed E-state index contributed by atoms with van der Waals surface area (Å²) in [6.45, 7) is 7.98. The number of hydrogen-bond donors (Lipinski definition) is 1. The van der Waals surface area contributed by atoms with Crippen molar-refractivity contribution in [3.63, 3.8) is 0 Å². The number of nitriles is 1. The average Bonchev–Trinajstić information content (AvgIpc) is 2.34. The molecule has 1 unspecified atom stereocenters. The van der Waals surface area contributed by atoms with Crippen LogP contribution in [0.15, 0.2) is 18.2 Å². The Kier molecular flexibility index (Phi) is 5.67. The van der Waals surface area contributed by atoms with Crippen LogP contribution >= 0.6 is 0 Å². The van der Waals surface area contributed by atoms with Crippen LogP contribution in [0.5, 0.6) is 0 Å². The summed E-state index contributed by atoms with van der Waals surface area (Å²) in [5.41, 5.74) is 3.82. The van der Waals surface area contributed by atoms with Crippen molar-refractivity contribution < 1.29 is 0 Å². The second kappa shape index (κ2) is 7.03. The molecule has 1 atom stereocenters. The van der Waals surface area contributed by atoms with Crippen LogP contribution in [0, 0.1) is 25.2 Å². The van der Waals surface area contributed by atoms with Crippen LogP contribution in [0.25, 0.3) is 0 Å². The summed E-state index contributed by atoms with van der Waals surface area (Å²) in [6, 6.07) is 8.72. The van der Waals surface area contributed by atoms with E-state index in [2.05, 4.69) is 55.4 Å². The van der Waals surface area contributed by atoms with Crippen molar-refractivity contribution in [2.45, 2.75) is 33.2 Å². The van der Waals surface area contributed by atoms with Crippen molar-refractivity contribution in [1.82, 2.24) is 5.32 Å². The monoisotopic (exact) mass is 245 g/mol. The fourth-order valence-corrected chi connectivity index (χ4v) is 2.14. The number of rotatable bonds is 6. The zero-order valence-corrected chi connectivity index (χ0v) is 11.8. The Morgan fingerprint density at radius 3 is 2.67 bits per heavy atom. The molecule has 0 aliphatic rings. The Balaban J connectivity index is 2.60. The molecular formula is C15H23N3. The van der Waals surface area contributed by atoms with Crippen LogP contribution in [0.4, 0.5) is 5.69 Å². The molecule has 3 nitrogen and oxygen atoms in total. The molecule has 0 saturated heterocycles. The third-order valence-electron chi connectivity index (χ3n) is 3.12. The van der Waals surface area contributed by atoms with Crippen molar-refractivity contribution >= 4 is 5.69 Å². The van der Waals surface area contributed by atoms with Crippen LogP contribution in [-0.2, 0) is 0 Å². The summed E-state index contributed by atoms with van der Waals surface area (Å²) in [6.07, 6.45) is 0.841. The topological polar surface area (TPSA) is 39.1 Å². The van der Waals surface area contributed by atoms with E-state index >= 15 is 0 Å². The highest BCUT2D eigenvalue weighted by molar-refractivity contribution is 5.53. The van der Waals surface area contributed by atoms with Gasteiger partial charge in [0.2, 0.25) is 0 Å². The lowest BCUT2D eigenvalue weighted by atomic mass is 10.1. The molecule has 0 spiro atoms. The summed E-state index contributed by atoms with van der Waals surface area (Å²) < 4.78 is 0. The molecule has 0 fully saturated rings. The molecule has 1 rings (SSSR count). The van der Waals surface area contributed by atoms with Gasteiger partial charge >= 0.3 is 0 Å². The average molecular weight is 245 g/mol. The van der Waals surface area contributed by atoms with Crippen molar-refractivity contribution in [2.24, 2.45) is 0 Å². The largest absolute Gasteiger partial charge is 0.374 e.